The number of halogens is 2. The maximum Gasteiger partial charge on any atom is 0.300 e. The van der Waals surface area contributed by atoms with Gasteiger partial charge in [-0.25, -0.2) is 0 Å². The van der Waals surface area contributed by atoms with Crippen LogP contribution >= 0.6 is 23.2 Å². The summed E-state index contributed by atoms with van der Waals surface area (Å²) >= 11 is 12.4. The largest absolute Gasteiger partial charge is 0.481 e. The van der Waals surface area contributed by atoms with Crippen molar-refractivity contribution in [2.75, 3.05) is 26.0 Å². The molecule has 0 aliphatic heterocycles. The Bertz CT molecular complexity index is 652. The van der Waals surface area contributed by atoms with Crippen molar-refractivity contribution >= 4 is 40.5 Å². The van der Waals surface area contributed by atoms with Crippen molar-refractivity contribution < 1.29 is 9.90 Å². The van der Waals surface area contributed by atoms with E-state index in [1.54, 1.807) is 0 Å². The van der Waals surface area contributed by atoms with Crippen LogP contribution in [0.4, 0.5) is 11.4 Å². The monoisotopic (exact) mass is 368 g/mol. The first-order valence-electron chi connectivity index (χ1n) is 7.44. The van der Waals surface area contributed by atoms with E-state index in [-0.39, 0.29) is 0 Å². The van der Waals surface area contributed by atoms with Gasteiger partial charge in [0.05, 0.1) is 15.7 Å². The van der Waals surface area contributed by atoms with Crippen LogP contribution in [0, 0.1) is 0 Å². The molecular formula is C18H22Cl2N2O2. The Balaban J connectivity index is 0.000000648. The molecule has 2 aromatic rings. The molecule has 2 aromatic carbocycles. The van der Waals surface area contributed by atoms with Crippen LogP contribution in [0.2, 0.25) is 10.0 Å². The van der Waals surface area contributed by atoms with Gasteiger partial charge in [0.25, 0.3) is 5.97 Å². The average molecular weight is 369 g/mol. The quantitative estimate of drug-likeness (QED) is 0.785. The molecule has 130 valence electrons. The SMILES string of the molecule is CC(=O)O.CN(C)CCc1ccccc1Nc1c(Cl)cccc1Cl. The van der Waals surface area contributed by atoms with E-state index in [0.29, 0.717) is 10.0 Å². The maximum absolute atomic E-state index is 9.00. The molecule has 0 heterocycles. The predicted octanol–water partition coefficient (Wildman–Crippen LogP) is 4.93. The molecule has 0 radical (unpaired) electrons. The van der Waals surface area contributed by atoms with Crippen molar-refractivity contribution in [2.24, 2.45) is 0 Å². The number of benzene rings is 2. The molecule has 0 unspecified atom stereocenters. The van der Waals surface area contributed by atoms with Gasteiger partial charge >= 0.3 is 0 Å². The van der Waals surface area contributed by atoms with Gasteiger partial charge in [0.1, 0.15) is 0 Å². The first-order chi connectivity index (χ1) is 11.3. The van der Waals surface area contributed by atoms with Crippen molar-refractivity contribution in [3.05, 3.63) is 58.1 Å². The third-order valence-corrected chi connectivity index (χ3v) is 3.70. The molecule has 6 heteroatoms. The molecule has 2 rings (SSSR count). The predicted molar refractivity (Wildman–Crippen MR) is 102 cm³/mol. The first-order valence-corrected chi connectivity index (χ1v) is 8.20. The van der Waals surface area contributed by atoms with Gasteiger partial charge in [-0.15, -0.1) is 0 Å². The lowest BCUT2D eigenvalue weighted by molar-refractivity contribution is -0.134. The van der Waals surface area contributed by atoms with Crippen molar-refractivity contribution in [1.82, 2.24) is 4.90 Å². The average Bonchev–Trinajstić information content (AvgIpc) is 2.49. The summed E-state index contributed by atoms with van der Waals surface area (Å²) in [4.78, 5) is 11.2. The van der Waals surface area contributed by atoms with Crippen LogP contribution in [-0.4, -0.2) is 36.6 Å². The van der Waals surface area contributed by atoms with Gasteiger partial charge in [0.15, 0.2) is 0 Å². The van der Waals surface area contributed by atoms with Crippen molar-refractivity contribution in [1.29, 1.82) is 0 Å². The molecule has 0 amide bonds. The zero-order chi connectivity index (χ0) is 18.1. The summed E-state index contributed by atoms with van der Waals surface area (Å²) in [6.07, 6.45) is 0.970. The first kappa shape index (κ1) is 20.3. The van der Waals surface area contributed by atoms with E-state index in [0.717, 1.165) is 31.3 Å². The fourth-order valence-corrected chi connectivity index (χ4v) is 2.45. The third kappa shape index (κ3) is 7.21. The summed E-state index contributed by atoms with van der Waals surface area (Å²) in [5.74, 6) is -0.833. The number of nitrogens with zero attached hydrogens (tertiary/aromatic N) is 1. The minimum atomic E-state index is -0.833. The normalized spacial score (nSPS) is 10.1. The minimum absolute atomic E-state index is 0.625. The van der Waals surface area contributed by atoms with E-state index in [1.807, 2.05) is 36.4 Å². The number of likely N-dealkylation sites (N-methyl/N-ethyl adjacent to an activating group) is 1. The molecule has 2 N–H and O–H groups in total. The molecule has 0 bridgehead atoms. The second-order valence-corrected chi connectivity index (χ2v) is 6.27. The number of para-hydroxylation sites is 2. The second-order valence-electron chi connectivity index (χ2n) is 5.45. The Morgan fingerprint density at radius 3 is 2.17 bits per heavy atom. The highest BCUT2D eigenvalue weighted by Crippen LogP contribution is 2.33. The van der Waals surface area contributed by atoms with E-state index >= 15 is 0 Å². The molecular weight excluding hydrogens is 347 g/mol. The number of aliphatic carboxylic acids is 1. The van der Waals surface area contributed by atoms with Gasteiger partial charge in [-0.2, -0.15) is 0 Å². The van der Waals surface area contributed by atoms with Crippen LogP contribution in [0.15, 0.2) is 42.5 Å². The van der Waals surface area contributed by atoms with Crippen LogP contribution in [0.1, 0.15) is 12.5 Å². The van der Waals surface area contributed by atoms with Crippen LogP contribution in [0.25, 0.3) is 0 Å². The summed E-state index contributed by atoms with van der Waals surface area (Å²) in [6, 6.07) is 13.7. The highest BCUT2D eigenvalue weighted by molar-refractivity contribution is 6.39. The Morgan fingerprint density at radius 1 is 1.08 bits per heavy atom. The van der Waals surface area contributed by atoms with E-state index in [4.69, 9.17) is 33.1 Å². The summed E-state index contributed by atoms with van der Waals surface area (Å²) in [7, 11) is 4.14. The number of carboxylic acid groups (broad SMARTS) is 1. The summed E-state index contributed by atoms with van der Waals surface area (Å²) < 4.78 is 0. The number of carboxylic acids is 1. The number of hydrogen-bond donors (Lipinski definition) is 2. The number of anilines is 2. The Morgan fingerprint density at radius 2 is 1.62 bits per heavy atom. The highest BCUT2D eigenvalue weighted by Gasteiger charge is 2.08. The van der Waals surface area contributed by atoms with E-state index in [1.165, 1.54) is 5.56 Å². The van der Waals surface area contributed by atoms with E-state index < -0.39 is 5.97 Å². The number of carbonyl (C=O) groups is 1. The molecule has 0 saturated heterocycles. The number of hydrogen-bond acceptors (Lipinski definition) is 3. The molecule has 4 nitrogen and oxygen atoms in total. The number of nitrogens with one attached hydrogen (secondary N) is 1. The lowest BCUT2D eigenvalue weighted by atomic mass is 10.1. The van der Waals surface area contributed by atoms with Crippen LogP contribution in [0.5, 0.6) is 0 Å². The molecule has 0 atom stereocenters. The molecule has 0 aliphatic carbocycles. The topological polar surface area (TPSA) is 52.6 Å². The van der Waals surface area contributed by atoms with Crippen LogP contribution < -0.4 is 5.32 Å². The Labute approximate surface area is 153 Å². The maximum atomic E-state index is 9.00. The van der Waals surface area contributed by atoms with Gasteiger partial charge in [0, 0.05) is 19.2 Å². The third-order valence-electron chi connectivity index (χ3n) is 3.07. The van der Waals surface area contributed by atoms with Gasteiger partial charge in [-0.3, -0.25) is 4.79 Å². The van der Waals surface area contributed by atoms with Crippen molar-refractivity contribution in [3.8, 4) is 0 Å². The molecule has 24 heavy (non-hydrogen) atoms. The highest BCUT2D eigenvalue weighted by atomic mass is 35.5. The van der Waals surface area contributed by atoms with Crippen LogP contribution in [-0.2, 0) is 11.2 Å². The molecule has 0 saturated carbocycles. The fourth-order valence-electron chi connectivity index (χ4n) is 1.96. The lowest BCUT2D eigenvalue weighted by Crippen LogP contribution is -2.15. The van der Waals surface area contributed by atoms with Crippen LogP contribution in [0.3, 0.4) is 0 Å². The van der Waals surface area contributed by atoms with E-state index in [9.17, 15) is 0 Å². The van der Waals surface area contributed by atoms with E-state index in [2.05, 4.69) is 30.4 Å². The molecule has 0 aliphatic rings. The van der Waals surface area contributed by atoms with Gasteiger partial charge in [-0.05, 0) is 44.3 Å². The Kier molecular flexibility index (Phi) is 8.61. The zero-order valence-electron chi connectivity index (χ0n) is 14.0. The summed E-state index contributed by atoms with van der Waals surface area (Å²) in [5.41, 5.74) is 3.05. The standard InChI is InChI=1S/C16H18Cl2N2.C2H4O2/c1-20(2)11-10-12-6-3-4-9-15(12)19-16-13(17)7-5-8-14(16)18;1-2(3)4/h3-9,19H,10-11H2,1-2H3;1H3,(H,3,4). The number of rotatable bonds is 5. The van der Waals surface area contributed by atoms with Gasteiger partial charge in [-0.1, -0.05) is 47.5 Å². The van der Waals surface area contributed by atoms with Crippen molar-refractivity contribution in [3.63, 3.8) is 0 Å². The van der Waals surface area contributed by atoms with Gasteiger partial charge in [0.2, 0.25) is 0 Å². The second kappa shape index (κ2) is 10.2. The summed E-state index contributed by atoms with van der Waals surface area (Å²) in [5, 5.41) is 12.0. The zero-order valence-corrected chi connectivity index (χ0v) is 15.5. The molecule has 0 spiro atoms. The fraction of sp³-hybridized carbons (Fsp3) is 0.278. The smallest absolute Gasteiger partial charge is 0.300 e. The molecule has 0 aromatic heterocycles. The minimum Gasteiger partial charge on any atom is -0.481 e. The molecule has 0 fully saturated rings. The summed E-state index contributed by atoms with van der Waals surface area (Å²) in [6.45, 7) is 2.08. The van der Waals surface area contributed by atoms with Gasteiger partial charge < -0.3 is 15.3 Å². The van der Waals surface area contributed by atoms with Crippen molar-refractivity contribution in [2.45, 2.75) is 13.3 Å². The lowest BCUT2D eigenvalue weighted by Gasteiger charge is -2.16. The Hall–Kier alpha value is -1.75.